The fourth-order valence-electron chi connectivity index (χ4n) is 2.52. The lowest BCUT2D eigenvalue weighted by Gasteiger charge is -2.21. The van der Waals surface area contributed by atoms with Crippen LogP contribution >= 0.6 is 70.6 Å². The van der Waals surface area contributed by atoms with Crippen molar-refractivity contribution in [3.8, 4) is 0 Å². The molecule has 4 N–H and O–H groups in total. The fraction of sp³-hybridized carbons (Fsp3) is 0.500. The monoisotopic (exact) mass is 464 g/mol. The lowest BCUT2D eigenvalue weighted by molar-refractivity contribution is -0.116. The van der Waals surface area contributed by atoms with Crippen molar-refractivity contribution in [1.29, 1.82) is 0 Å². The first-order valence-electron chi connectivity index (χ1n) is 8.32. The Hall–Kier alpha value is 0.260. The van der Waals surface area contributed by atoms with Gasteiger partial charge in [-0.2, -0.15) is 0 Å². The van der Waals surface area contributed by atoms with Gasteiger partial charge in [0.05, 0.1) is 26.8 Å². The van der Waals surface area contributed by atoms with E-state index in [0.29, 0.717) is 5.25 Å². The number of thioether (sulfide) groups is 6. The van der Waals surface area contributed by atoms with Gasteiger partial charge in [0.2, 0.25) is 0 Å². The van der Waals surface area contributed by atoms with Crippen LogP contribution in [0.15, 0.2) is 26.8 Å². The van der Waals surface area contributed by atoms with Gasteiger partial charge < -0.3 is 11.5 Å². The molecular formula is C16H20N2O2S6. The number of primary amides is 2. The van der Waals surface area contributed by atoms with E-state index in [2.05, 4.69) is 6.92 Å². The van der Waals surface area contributed by atoms with Gasteiger partial charge in [0.25, 0.3) is 11.8 Å². The van der Waals surface area contributed by atoms with Crippen LogP contribution in [0.2, 0.25) is 0 Å². The minimum absolute atomic E-state index is 0.269. The van der Waals surface area contributed by atoms with Crippen molar-refractivity contribution in [1.82, 2.24) is 0 Å². The summed E-state index contributed by atoms with van der Waals surface area (Å²) in [4.78, 5) is 23.7. The maximum Gasteiger partial charge on any atom is 0.256 e. The molecule has 4 nitrogen and oxygen atoms in total. The van der Waals surface area contributed by atoms with Crippen LogP contribution in [0.4, 0.5) is 0 Å². The van der Waals surface area contributed by atoms with Crippen molar-refractivity contribution in [2.75, 3.05) is 5.75 Å². The van der Waals surface area contributed by atoms with Crippen LogP contribution in [-0.2, 0) is 9.59 Å². The maximum absolute atomic E-state index is 11.6. The molecule has 3 aliphatic rings. The Balaban J connectivity index is 1.61. The Morgan fingerprint density at radius 3 is 2.12 bits per heavy atom. The van der Waals surface area contributed by atoms with Gasteiger partial charge in [-0.15, -0.1) is 23.5 Å². The van der Waals surface area contributed by atoms with E-state index in [0.717, 1.165) is 14.2 Å². The number of carbonyl (C=O) groups excluding carboxylic acids is 2. The van der Waals surface area contributed by atoms with E-state index in [1.165, 1.54) is 64.1 Å². The van der Waals surface area contributed by atoms with E-state index in [4.69, 9.17) is 11.5 Å². The fourth-order valence-corrected chi connectivity index (χ4v) is 11.7. The number of hydrogen-bond donors (Lipinski definition) is 2. The summed E-state index contributed by atoms with van der Waals surface area (Å²) in [6.45, 7) is 2.24. The number of nitrogens with two attached hydrogens (primary N) is 2. The Morgan fingerprint density at radius 2 is 1.50 bits per heavy atom. The highest BCUT2D eigenvalue weighted by molar-refractivity contribution is 8.43. The summed E-state index contributed by atoms with van der Waals surface area (Å²) < 4.78 is 4.79. The molecule has 0 saturated carbocycles. The third-order valence-corrected chi connectivity index (χ3v) is 13.1. The van der Waals surface area contributed by atoms with E-state index < -0.39 is 11.8 Å². The molecular weight excluding hydrogens is 445 g/mol. The molecule has 3 aliphatic heterocycles. The molecule has 26 heavy (non-hydrogen) atoms. The van der Waals surface area contributed by atoms with Crippen LogP contribution in [-0.4, -0.2) is 22.8 Å². The minimum atomic E-state index is -0.589. The van der Waals surface area contributed by atoms with E-state index in [1.54, 1.807) is 23.5 Å². The van der Waals surface area contributed by atoms with Gasteiger partial charge in [-0.05, 0) is 6.42 Å². The molecule has 0 aromatic heterocycles. The third kappa shape index (κ3) is 5.00. The Bertz CT molecular complexity index is 688. The Morgan fingerprint density at radius 1 is 0.885 bits per heavy atom. The predicted molar refractivity (Wildman–Crippen MR) is 122 cm³/mol. The lowest BCUT2D eigenvalue weighted by atomic mass is 10.1. The summed E-state index contributed by atoms with van der Waals surface area (Å²) in [5, 5.41) is 0.678. The molecule has 0 fully saturated rings. The van der Waals surface area contributed by atoms with Gasteiger partial charge in [0, 0.05) is 11.0 Å². The van der Waals surface area contributed by atoms with Gasteiger partial charge in [-0.25, -0.2) is 0 Å². The molecule has 0 aliphatic carbocycles. The second-order valence-corrected chi connectivity index (χ2v) is 13.3. The topological polar surface area (TPSA) is 86.2 Å². The summed E-state index contributed by atoms with van der Waals surface area (Å²) >= 11 is 9.98. The average Bonchev–Trinajstić information content (AvgIpc) is 3.22. The van der Waals surface area contributed by atoms with Crippen LogP contribution in [0.1, 0.15) is 39.0 Å². The average molecular weight is 465 g/mol. The first-order valence-corrected chi connectivity index (χ1v) is 13.5. The SMILES string of the molecule is CCCCCCC1CSC2=C(SC(=C3SC(C(N)=O)=C(C(N)=O)S3)S2)S1. The molecule has 3 heterocycles. The molecule has 1 atom stereocenters. The second kappa shape index (κ2) is 9.65. The third-order valence-electron chi connectivity index (χ3n) is 3.80. The van der Waals surface area contributed by atoms with E-state index in [-0.39, 0.29) is 9.81 Å². The van der Waals surface area contributed by atoms with Gasteiger partial charge in [-0.3, -0.25) is 9.59 Å². The van der Waals surface area contributed by atoms with Crippen molar-refractivity contribution in [3.63, 3.8) is 0 Å². The van der Waals surface area contributed by atoms with Crippen molar-refractivity contribution in [3.05, 3.63) is 26.8 Å². The van der Waals surface area contributed by atoms with Gasteiger partial charge in [-0.1, -0.05) is 79.7 Å². The number of rotatable bonds is 7. The van der Waals surface area contributed by atoms with Crippen molar-refractivity contribution < 1.29 is 9.59 Å². The van der Waals surface area contributed by atoms with Crippen molar-refractivity contribution in [2.45, 2.75) is 44.3 Å². The van der Waals surface area contributed by atoms with Gasteiger partial charge in [0.15, 0.2) is 0 Å². The molecule has 0 spiro atoms. The highest BCUT2D eigenvalue weighted by Crippen LogP contribution is 2.65. The molecule has 3 rings (SSSR count). The van der Waals surface area contributed by atoms with E-state index in [9.17, 15) is 9.59 Å². The maximum atomic E-state index is 11.6. The number of unbranched alkanes of at least 4 members (excludes halogenated alkanes) is 3. The first kappa shape index (κ1) is 21.0. The summed E-state index contributed by atoms with van der Waals surface area (Å²) in [6, 6.07) is 0. The van der Waals surface area contributed by atoms with Gasteiger partial charge in [0.1, 0.15) is 0 Å². The summed E-state index contributed by atoms with van der Waals surface area (Å²) in [5.74, 6) is -0.0225. The molecule has 0 aromatic carbocycles. The molecule has 0 bridgehead atoms. The van der Waals surface area contributed by atoms with E-state index >= 15 is 0 Å². The summed E-state index contributed by atoms with van der Waals surface area (Å²) in [5.41, 5.74) is 10.8. The molecule has 0 radical (unpaired) electrons. The quantitative estimate of drug-likeness (QED) is 0.497. The smallest absolute Gasteiger partial charge is 0.256 e. The highest BCUT2D eigenvalue weighted by Gasteiger charge is 2.36. The largest absolute Gasteiger partial charge is 0.365 e. The highest BCUT2D eigenvalue weighted by atomic mass is 32.3. The standard InChI is InChI=1S/C16H20N2O2S6/c1-2-3-4-5-6-8-7-21-13-14(22-8)26-16(25-13)15-23-9(11(17)19)10(24-15)12(18)20/h8H,2-7H2,1H3,(H2,17,19)(H2,18,20). The number of amides is 2. The van der Waals surface area contributed by atoms with Crippen molar-refractivity contribution >= 4 is 82.4 Å². The molecule has 2 amide bonds. The zero-order valence-electron chi connectivity index (χ0n) is 14.2. The molecule has 1 unspecified atom stereocenters. The van der Waals surface area contributed by atoms with Crippen LogP contribution in [0.3, 0.4) is 0 Å². The second-order valence-electron chi connectivity index (χ2n) is 5.85. The normalized spacial score (nSPS) is 23.0. The minimum Gasteiger partial charge on any atom is -0.365 e. The number of hydrogen-bond acceptors (Lipinski definition) is 8. The zero-order chi connectivity index (χ0) is 18.7. The van der Waals surface area contributed by atoms with Crippen LogP contribution in [0.5, 0.6) is 0 Å². The van der Waals surface area contributed by atoms with Crippen LogP contribution in [0.25, 0.3) is 0 Å². The first-order chi connectivity index (χ1) is 12.5. The predicted octanol–water partition coefficient (Wildman–Crippen LogP) is 5.20. The molecule has 10 heteroatoms. The zero-order valence-corrected chi connectivity index (χ0v) is 19.1. The lowest BCUT2D eigenvalue weighted by Crippen LogP contribution is -2.18. The Labute approximate surface area is 179 Å². The van der Waals surface area contributed by atoms with Gasteiger partial charge >= 0.3 is 0 Å². The Kier molecular flexibility index (Phi) is 7.78. The molecule has 0 aromatic rings. The molecule has 0 saturated heterocycles. The van der Waals surface area contributed by atoms with Crippen LogP contribution < -0.4 is 11.5 Å². The summed E-state index contributed by atoms with van der Waals surface area (Å²) in [7, 11) is 0. The molecule has 142 valence electrons. The number of carbonyl (C=O) groups is 2. The van der Waals surface area contributed by atoms with Crippen molar-refractivity contribution in [2.24, 2.45) is 11.5 Å². The van der Waals surface area contributed by atoms with Crippen LogP contribution in [0, 0.1) is 0 Å². The summed E-state index contributed by atoms with van der Waals surface area (Å²) in [6.07, 6.45) is 6.50. The van der Waals surface area contributed by atoms with E-state index in [1.807, 2.05) is 23.5 Å².